The maximum atomic E-state index is 13.3. The molecule has 1 aromatic carbocycles. The Labute approximate surface area is 174 Å². The average Bonchev–Trinajstić information content (AvgIpc) is 3.45. The van der Waals surface area contributed by atoms with Crippen molar-refractivity contribution in [1.82, 2.24) is 9.21 Å². The molecule has 2 aliphatic heterocycles. The van der Waals surface area contributed by atoms with Gasteiger partial charge in [-0.05, 0) is 42.5 Å². The van der Waals surface area contributed by atoms with Crippen LogP contribution in [0.25, 0.3) is 0 Å². The maximum absolute atomic E-state index is 13.3. The third-order valence-electron chi connectivity index (χ3n) is 5.38. The Morgan fingerprint density at radius 2 is 2.00 bits per heavy atom. The number of sulfonamides is 1. The number of carbonyl (C=O) groups is 1. The maximum Gasteiger partial charge on any atom is 0.254 e. The van der Waals surface area contributed by atoms with E-state index in [2.05, 4.69) is 0 Å². The van der Waals surface area contributed by atoms with Crippen LogP contribution >= 0.6 is 11.3 Å². The quantitative estimate of drug-likeness (QED) is 0.720. The predicted molar refractivity (Wildman–Crippen MR) is 110 cm³/mol. The molecule has 2 saturated heterocycles. The average molecular weight is 437 g/mol. The van der Waals surface area contributed by atoms with Gasteiger partial charge in [0.1, 0.15) is 10.6 Å². The first-order valence-electron chi connectivity index (χ1n) is 9.62. The summed E-state index contributed by atoms with van der Waals surface area (Å²) < 4.78 is 38.3. The van der Waals surface area contributed by atoms with E-state index in [0.717, 1.165) is 17.7 Å². The van der Waals surface area contributed by atoms with Crippen molar-refractivity contribution in [1.29, 1.82) is 0 Å². The number of carbonyl (C=O) groups excluding carboxylic acids is 1. The standard InChI is InChI=1S/C20H24N2O5S2/c1-26-17-7-6-15(14-19(17)29(24,25)21-9-11-27-12-10-21)20(23)22-8-2-4-16(22)18-5-3-13-28-18/h3,5-7,13-14,16H,2,4,8-12H2,1H3/t16-/m0/s1. The lowest BCUT2D eigenvalue weighted by atomic mass is 10.1. The summed E-state index contributed by atoms with van der Waals surface area (Å²) in [6.07, 6.45) is 1.85. The Balaban J connectivity index is 1.66. The molecule has 0 N–H and O–H groups in total. The lowest BCUT2D eigenvalue weighted by Crippen LogP contribution is -2.40. The molecule has 0 spiro atoms. The molecule has 29 heavy (non-hydrogen) atoms. The van der Waals surface area contributed by atoms with Gasteiger partial charge in [-0.25, -0.2) is 8.42 Å². The molecule has 1 atom stereocenters. The van der Waals surface area contributed by atoms with Crippen molar-refractivity contribution in [2.75, 3.05) is 40.0 Å². The zero-order valence-electron chi connectivity index (χ0n) is 16.2. The number of amides is 1. The van der Waals surface area contributed by atoms with Crippen LogP contribution in [0, 0.1) is 0 Å². The third kappa shape index (κ3) is 3.92. The summed E-state index contributed by atoms with van der Waals surface area (Å²) in [7, 11) is -2.35. The van der Waals surface area contributed by atoms with Gasteiger partial charge in [-0.3, -0.25) is 4.79 Å². The summed E-state index contributed by atoms with van der Waals surface area (Å²) in [5, 5.41) is 2.01. The van der Waals surface area contributed by atoms with E-state index in [4.69, 9.17) is 9.47 Å². The van der Waals surface area contributed by atoms with Crippen molar-refractivity contribution in [2.45, 2.75) is 23.8 Å². The monoisotopic (exact) mass is 436 g/mol. The van der Waals surface area contributed by atoms with Gasteiger partial charge in [-0.15, -0.1) is 11.3 Å². The van der Waals surface area contributed by atoms with Gasteiger partial charge in [0.25, 0.3) is 5.91 Å². The van der Waals surface area contributed by atoms with Crippen LogP contribution in [-0.4, -0.2) is 63.5 Å². The lowest BCUT2D eigenvalue weighted by molar-refractivity contribution is 0.0727. The Hall–Kier alpha value is -1.94. The third-order valence-corrected chi connectivity index (χ3v) is 8.28. The van der Waals surface area contributed by atoms with Gasteiger partial charge in [0.05, 0.1) is 26.4 Å². The molecule has 7 nitrogen and oxygen atoms in total. The Morgan fingerprint density at radius 1 is 1.21 bits per heavy atom. The van der Waals surface area contributed by atoms with Gasteiger partial charge < -0.3 is 14.4 Å². The molecular formula is C20H24N2O5S2. The fourth-order valence-electron chi connectivity index (χ4n) is 3.89. The second kappa shape index (κ2) is 8.43. The van der Waals surface area contributed by atoms with Gasteiger partial charge in [0.2, 0.25) is 10.0 Å². The van der Waals surface area contributed by atoms with E-state index in [9.17, 15) is 13.2 Å². The van der Waals surface area contributed by atoms with Crippen molar-refractivity contribution in [3.63, 3.8) is 0 Å². The lowest BCUT2D eigenvalue weighted by Gasteiger charge is -2.27. The first-order valence-corrected chi connectivity index (χ1v) is 11.9. The second-order valence-corrected chi connectivity index (χ2v) is 9.94. The molecule has 2 aromatic rings. The van der Waals surface area contributed by atoms with E-state index in [1.807, 2.05) is 22.4 Å². The number of hydrogen-bond acceptors (Lipinski definition) is 6. The second-order valence-electron chi connectivity index (χ2n) is 7.05. The first kappa shape index (κ1) is 20.3. The molecule has 4 rings (SSSR count). The summed E-state index contributed by atoms with van der Waals surface area (Å²) in [6, 6.07) is 8.74. The number of hydrogen-bond donors (Lipinski definition) is 0. The Kier molecular flexibility index (Phi) is 5.91. The molecule has 0 saturated carbocycles. The van der Waals surface area contributed by atoms with Gasteiger partial charge in [-0.1, -0.05) is 6.07 Å². The number of nitrogens with zero attached hydrogens (tertiary/aromatic N) is 2. The molecule has 1 amide bonds. The van der Waals surface area contributed by atoms with Crippen LogP contribution in [0.2, 0.25) is 0 Å². The molecule has 2 fully saturated rings. The number of morpholine rings is 1. The SMILES string of the molecule is COc1ccc(C(=O)N2CCC[C@H]2c2cccs2)cc1S(=O)(=O)N1CCOCC1. The molecule has 156 valence electrons. The molecule has 0 radical (unpaired) electrons. The Bertz CT molecular complexity index is 969. The summed E-state index contributed by atoms with van der Waals surface area (Å²) in [5.41, 5.74) is 0.362. The molecule has 2 aliphatic rings. The van der Waals surface area contributed by atoms with E-state index < -0.39 is 10.0 Å². The van der Waals surface area contributed by atoms with Gasteiger partial charge in [-0.2, -0.15) is 4.31 Å². The molecule has 3 heterocycles. The first-order chi connectivity index (χ1) is 14.0. The minimum Gasteiger partial charge on any atom is -0.495 e. The number of benzene rings is 1. The van der Waals surface area contributed by atoms with Crippen LogP contribution in [0.1, 0.15) is 34.1 Å². The zero-order valence-corrected chi connectivity index (χ0v) is 17.9. The minimum absolute atomic E-state index is 0.0274. The number of rotatable bonds is 5. The molecule has 0 unspecified atom stereocenters. The molecular weight excluding hydrogens is 412 g/mol. The van der Waals surface area contributed by atoms with Crippen molar-refractivity contribution in [3.8, 4) is 5.75 Å². The van der Waals surface area contributed by atoms with Gasteiger partial charge in [0.15, 0.2) is 0 Å². The minimum atomic E-state index is -3.78. The highest BCUT2D eigenvalue weighted by atomic mass is 32.2. The highest BCUT2D eigenvalue weighted by molar-refractivity contribution is 7.89. The number of ether oxygens (including phenoxy) is 2. The summed E-state index contributed by atoms with van der Waals surface area (Å²) in [4.78, 5) is 16.3. The molecule has 0 bridgehead atoms. The summed E-state index contributed by atoms with van der Waals surface area (Å²) in [6.45, 7) is 1.96. The van der Waals surface area contributed by atoms with Crippen LogP contribution in [0.15, 0.2) is 40.6 Å². The highest BCUT2D eigenvalue weighted by Gasteiger charge is 2.34. The molecule has 1 aromatic heterocycles. The van der Waals surface area contributed by atoms with E-state index in [-0.39, 0.29) is 35.7 Å². The van der Waals surface area contributed by atoms with Crippen LogP contribution in [0.3, 0.4) is 0 Å². The van der Waals surface area contributed by atoms with E-state index in [1.54, 1.807) is 23.5 Å². The fraction of sp³-hybridized carbons (Fsp3) is 0.450. The van der Waals surface area contributed by atoms with Crippen LogP contribution in [-0.2, 0) is 14.8 Å². The Morgan fingerprint density at radius 3 is 2.69 bits per heavy atom. The fourth-order valence-corrected chi connectivity index (χ4v) is 6.35. The van der Waals surface area contributed by atoms with Crippen molar-refractivity contribution in [2.24, 2.45) is 0 Å². The van der Waals surface area contributed by atoms with Crippen LogP contribution in [0.5, 0.6) is 5.75 Å². The summed E-state index contributed by atoms with van der Waals surface area (Å²) in [5.74, 6) is 0.0891. The predicted octanol–water partition coefficient (Wildman–Crippen LogP) is 2.75. The topological polar surface area (TPSA) is 76.2 Å². The zero-order chi connectivity index (χ0) is 20.4. The largest absolute Gasteiger partial charge is 0.495 e. The van der Waals surface area contributed by atoms with Gasteiger partial charge in [0, 0.05) is 30.1 Å². The number of thiophene rings is 1. The normalized spacial score (nSPS) is 20.7. The van der Waals surface area contributed by atoms with Crippen molar-refractivity contribution >= 4 is 27.3 Å². The number of likely N-dealkylation sites (tertiary alicyclic amines) is 1. The van der Waals surface area contributed by atoms with Crippen molar-refractivity contribution in [3.05, 3.63) is 46.2 Å². The highest BCUT2D eigenvalue weighted by Crippen LogP contribution is 2.36. The smallest absolute Gasteiger partial charge is 0.254 e. The van der Waals surface area contributed by atoms with Crippen LogP contribution in [0.4, 0.5) is 0 Å². The number of methoxy groups -OCH3 is 1. The molecule has 0 aliphatic carbocycles. The molecule has 9 heteroatoms. The van der Waals surface area contributed by atoms with Crippen LogP contribution < -0.4 is 4.74 Å². The van der Waals surface area contributed by atoms with Gasteiger partial charge >= 0.3 is 0 Å². The van der Waals surface area contributed by atoms with E-state index >= 15 is 0 Å². The van der Waals surface area contributed by atoms with E-state index in [0.29, 0.717) is 25.3 Å². The summed E-state index contributed by atoms with van der Waals surface area (Å²) >= 11 is 1.64. The van der Waals surface area contributed by atoms with Crippen molar-refractivity contribution < 1.29 is 22.7 Å². The van der Waals surface area contributed by atoms with E-state index in [1.165, 1.54) is 17.5 Å².